The second kappa shape index (κ2) is 8.50. The van der Waals surface area contributed by atoms with Crippen molar-refractivity contribution in [2.75, 3.05) is 69.2 Å². The first-order valence-corrected chi connectivity index (χ1v) is 10.9. The highest BCUT2D eigenvalue weighted by atomic mass is 16.2. The minimum atomic E-state index is 0.128. The van der Waals surface area contributed by atoms with Crippen molar-refractivity contribution in [1.82, 2.24) is 29.3 Å². The third kappa shape index (κ3) is 4.18. The van der Waals surface area contributed by atoms with Crippen LogP contribution in [0.25, 0.3) is 11.0 Å². The fourth-order valence-corrected chi connectivity index (χ4v) is 4.29. The van der Waals surface area contributed by atoms with Crippen LogP contribution in [0.5, 0.6) is 0 Å². The topological polar surface area (TPSA) is 73.6 Å². The van der Waals surface area contributed by atoms with Gasteiger partial charge in [-0.3, -0.25) is 4.79 Å². The molecule has 4 heterocycles. The maximum absolute atomic E-state index is 12.9. The van der Waals surface area contributed by atoms with Crippen LogP contribution in [-0.4, -0.2) is 94.6 Å². The van der Waals surface area contributed by atoms with E-state index in [-0.39, 0.29) is 5.91 Å². The van der Waals surface area contributed by atoms with Crippen LogP contribution in [0.1, 0.15) is 0 Å². The van der Waals surface area contributed by atoms with Gasteiger partial charge in [0.05, 0.1) is 17.4 Å². The van der Waals surface area contributed by atoms with Gasteiger partial charge < -0.3 is 24.2 Å². The molecule has 0 spiro atoms. The molecule has 3 aromatic rings. The van der Waals surface area contributed by atoms with Crippen molar-refractivity contribution in [1.29, 1.82) is 0 Å². The lowest BCUT2D eigenvalue weighted by atomic mass is 10.2. The Kier molecular flexibility index (Phi) is 5.42. The maximum atomic E-state index is 12.9. The van der Waals surface area contributed by atoms with Crippen LogP contribution < -0.4 is 9.80 Å². The van der Waals surface area contributed by atoms with Crippen LogP contribution in [-0.2, 0) is 11.3 Å². The van der Waals surface area contributed by atoms with Gasteiger partial charge in [-0.2, -0.15) is 0 Å². The van der Waals surface area contributed by atoms with E-state index >= 15 is 0 Å². The first kappa shape index (κ1) is 19.7. The van der Waals surface area contributed by atoms with Gasteiger partial charge in [0.1, 0.15) is 24.5 Å². The molecule has 2 aliphatic heterocycles. The van der Waals surface area contributed by atoms with Gasteiger partial charge in [0.2, 0.25) is 5.91 Å². The van der Waals surface area contributed by atoms with Crippen molar-refractivity contribution < 1.29 is 4.79 Å². The van der Waals surface area contributed by atoms with Crippen molar-refractivity contribution in [2.24, 2.45) is 0 Å². The maximum Gasteiger partial charge on any atom is 0.242 e. The lowest BCUT2D eigenvalue weighted by Gasteiger charge is -2.36. The number of hydrogen-bond acceptors (Lipinski definition) is 7. The molecule has 1 amide bonds. The Morgan fingerprint density at radius 2 is 1.52 bits per heavy atom. The number of fused-ring (bicyclic) bond motifs is 1. The molecule has 0 unspecified atom stereocenters. The molecule has 1 aromatic carbocycles. The molecule has 9 heteroatoms. The number of hydrogen-bond donors (Lipinski definition) is 0. The number of carbonyl (C=O) groups excluding carboxylic acids is 1. The van der Waals surface area contributed by atoms with Crippen molar-refractivity contribution >= 4 is 28.6 Å². The van der Waals surface area contributed by atoms with E-state index < -0.39 is 0 Å². The predicted octanol–water partition coefficient (Wildman–Crippen LogP) is 0.927. The molecule has 2 aromatic heterocycles. The lowest BCUT2D eigenvalue weighted by molar-refractivity contribution is -0.132. The quantitative estimate of drug-likeness (QED) is 0.622. The first-order chi connectivity index (χ1) is 15.2. The molecule has 5 rings (SSSR count). The highest BCUT2D eigenvalue weighted by Gasteiger charge is 2.23. The van der Waals surface area contributed by atoms with Crippen LogP contribution in [0.3, 0.4) is 0 Å². The Morgan fingerprint density at radius 1 is 0.871 bits per heavy atom. The number of anilines is 2. The molecule has 2 aliphatic rings. The summed E-state index contributed by atoms with van der Waals surface area (Å²) in [5.41, 5.74) is 1.91. The summed E-state index contributed by atoms with van der Waals surface area (Å²) in [5, 5.41) is 0. The SMILES string of the molecule is CN1CCN(c2cc(N3CCN(C(=O)Cn4cnc5ccccc54)CC3)ncn2)CC1. The molecular formula is C22H28N8O. The molecule has 31 heavy (non-hydrogen) atoms. The molecule has 0 aliphatic carbocycles. The number of likely N-dealkylation sites (N-methyl/N-ethyl adjacent to an activating group) is 1. The number of benzene rings is 1. The Labute approximate surface area is 181 Å². The van der Waals surface area contributed by atoms with E-state index in [1.807, 2.05) is 33.7 Å². The number of aromatic nitrogens is 4. The van der Waals surface area contributed by atoms with E-state index in [0.29, 0.717) is 19.6 Å². The average Bonchev–Trinajstić information content (AvgIpc) is 3.22. The van der Waals surface area contributed by atoms with Gasteiger partial charge in [-0.25, -0.2) is 15.0 Å². The monoisotopic (exact) mass is 420 g/mol. The summed E-state index contributed by atoms with van der Waals surface area (Å²) < 4.78 is 1.93. The van der Waals surface area contributed by atoms with Crippen molar-refractivity contribution in [3.05, 3.63) is 43.0 Å². The summed E-state index contributed by atoms with van der Waals surface area (Å²) in [5.74, 6) is 2.06. The largest absolute Gasteiger partial charge is 0.354 e. The van der Waals surface area contributed by atoms with Gasteiger partial charge in [-0.1, -0.05) is 12.1 Å². The molecule has 0 bridgehead atoms. The zero-order chi connectivity index (χ0) is 21.2. The van der Waals surface area contributed by atoms with Crippen LogP contribution in [0.4, 0.5) is 11.6 Å². The summed E-state index contributed by atoms with van der Waals surface area (Å²) in [6.07, 6.45) is 3.41. The molecule has 0 radical (unpaired) electrons. The van der Waals surface area contributed by atoms with Crippen LogP contribution >= 0.6 is 0 Å². The number of rotatable bonds is 4. The number of carbonyl (C=O) groups is 1. The summed E-state index contributed by atoms with van der Waals surface area (Å²) in [6.45, 7) is 7.32. The molecule has 2 saturated heterocycles. The average molecular weight is 421 g/mol. The molecule has 9 nitrogen and oxygen atoms in total. The standard InChI is InChI=1S/C22H28N8O/c1-26-6-8-27(9-7-26)20-14-21(24-16-23-20)28-10-12-29(13-11-28)22(31)15-30-17-25-18-4-2-3-5-19(18)30/h2-5,14,16-17H,6-13,15H2,1H3. The van der Waals surface area contributed by atoms with Crippen LogP contribution in [0.2, 0.25) is 0 Å². The Balaban J connectivity index is 1.19. The molecule has 2 fully saturated rings. The normalized spacial score (nSPS) is 18.0. The Hall–Kier alpha value is -3.20. The van der Waals surface area contributed by atoms with Gasteiger partial charge in [-0.05, 0) is 19.2 Å². The third-order valence-electron chi connectivity index (χ3n) is 6.25. The first-order valence-electron chi connectivity index (χ1n) is 10.9. The van der Waals surface area contributed by atoms with E-state index in [4.69, 9.17) is 0 Å². The number of nitrogens with zero attached hydrogens (tertiary/aromatic N) is 8. The van der Waals surface area contributed by atoms with Gasteiger partial charge in [0.15, 0.2) is 0 Å². The van der Waals surface area contributed by atoms with E-state index in [0.717, 1.165) is 61.9 Å². The second-order valence-corrected chi connectivity index (χ2v) is 8.25. The van der Waals surface area contributed by atoms with Crippen LogP contribution in [0, 0.1) is 0 Å². The van der Waals surface area contributed by atoms with E-state index in [1.54, 1.807) is 12.7 Å². The molecule has 0 saturated carbocycles. The number of piperazine rings is 2. The number of imidazole rings is 1. The smallest absolute Gasteiger partial charge is 0.242 e. The minimum Gasteiger partial charge on any atom is -0.354 e. The number of para-hydroxylation sites is 2. The second-order valence-electron chi connectivity index (χ2n) is 8.25. The van der Waals surface area contributed by atoms with Crippen molar-refractivity contribution in [2.45, 2.75) is 6.54 Å². The molecule has 0 N–H and O–H groups in total. The summed E-state index contributed by atoms with van der Waals surface area (Å²) in [7, 11) is 2.15. The van der Waals surface area contributed by atoms with Crippen molar-refractivity contribution in [3.63, 3.8) is 0 Å². The third-order valence-corrected chi connectivity index (χ3v) is 6.25. The molecule has 0 atom stereocenters. The number of amides is 1. The Morgan fingerprint density at radius 3 is 2.23 bits per heavy atom. The van der Waals surface area contributed by atoms with Gasteiger partial charge >= 0.3 is 0 Å². The van der Waals surface area contributed by atoms with Gasteiger partial charge in [-0.15, -0.1) is 0 Å². The van der Waals surface area contributed by atoms with Crippen molar-refractivity contribution in [3.8, 4) is 0 Å². The van der Waals surface area contributed by atoms with Gasteiger partial charge in [0, 0.05) is 58.4 Å². The van der Waals surface area contributed by atoms with E-state index in [2.05, 4.69) is 42.8 Å². The summed E-state index contributed by atoms with van der Waals surface area (Å²) in [4.78, 5) is 35.1. The van der Waals surface area contributed by atoms with Gasteiger partial charge in [0.25, 0.3) is 0 Å². The zero-order valence-electron chi connectivity index (χ0n) is 17.9. The van der Waals surface area contributed by atoms with E-state index in [1.165, 1.54) is 0 Å². The van der Waals surface area contributed by atoms with Crippen LogP contribution in [0.15, 0.2) is 43.0 Å². The fraction of sp³-hybridized carbons (Fsp3) is 0.455. The Bertz CT molecular complexity index is 1050. The highest BCUT2D eigenvalue weighted by Crippen LogP contribution is 2.20. The highest BCUT2D eigenvalue weighted by molar-refractivity contribution is 5.80. The summed E-state index contributed by atoms with van der Waals surface area (Å²) >= 11 is 0. The predicted molar refractivity (Wildman–Crippen MR) is 120 cm³/mol. The zero-order valence-corrected chi connectivity index (χ0v) is 17.9. The molecular weight excluding hydrogens is 392 g/mol. The molecule has 162 valence electrons. The lowest BCUT2D eigenvalue weighted by Crippen LogP contribution is -2.50. The fourth-order valence-electron chi connectivity index (χ4n) is 4.29. The minimum absolute atomic E-state index is 0.128. The summed E-state index contributed by atoms with van der Waals surface area (Å²) in [6, 6.07) is 9.99. The van der Waals surface area contributed by atoms with E-state index in [9.17, 15) is 4.79 Å².